The Bertz CT molecular complexity index is 751. The fourth-order valence-electron chi connectivity index (χ4n) is 3.21. The maximum absolute atomic E-state index is 12.5. The van der Waals surface area contributed by atoms with E-state index in [-0.39, 0.29) is 5.91 Å². The van der Waals surface area contributed by atoms with Crippen LogP contribution in [0.15, 0.2) is 30.3 Å². The van der Waals surface area contributed by atoms with Crippen LogP contribution in [0.4, 0.5) is 0 Å². The van der Waals surface area contributed by atoms with Crippen molar-refractivity contribution in [2.75, 3.05) is 20.2 Å². The summed E-state index contributed by atoms with van der Waals surface area (Å²) in [6, 6.07) is 9.65. The summed E-state index contributed by atoms with van der Waals surface area (Å²) >= 11 is 0. The monoisotopic (exact) mass is 298 g/mol. The third-order valence-electron chi connectivity index (χ3n) is 4.45. The first-order valence-electron chi connectivity index (χ1n) is 7.53. The molecule has 2 aliphatic rings. The van der Waals surface area contributed by atoms with Crippen LogP contribution in [0.2, 0.25) is 0 Å². The van der Waals surface area contributed by atoms with Gasteiger partial charge in [0.2, 0.25) is 0 Å². The molecule has 2 aromatic carbocycles. The van der Waals surface area contributed by atoms with Gasteiger partial charge in [0, 0.05) is 25.9 Å². The van der Waals surface area contributed by atoms with Gasteiger partial charge in [-0.1, -0.05) is 6.07 Å². The molecule has 4 rings (SSSR count). The van der Waals surface area contributed by atoms with Gasteiger partial charge in [-0.2, -0.15) is 0 Å². The van der Waals surface area contributed by atoms with Gasteiger partial charge < -0.3 is 20.1 Å². The third kappa shape index (κ3) is 2.09. The minimum Gasteiger partial charge on any atom is -0.497 e. The van der Waals surface area contributed by atoms with Gasteiger partial charge >= 0.3 is 0 Å². The minimum absolute atomic E-state index is 0.0622. The number of hydrogen-bond donors (Lipinski definition) is 2. The zero-order chi connectivity index (χ0) is 15.2. The van der Waals surface area contributed by atoms with Crippen LogP contribution in [-0.4, -0.2) is 31.8 Å². The van der Waals surface area contributed by atoms with Crippen molar-refractivity contribution in [1.29, 1.82) is 0 Å². The lowest BCUT2D eigenvalue weighted by atomic mass is 9.97. The summed E-state index contributed by atoms with van der Waals surface area (Å²) in [6.45, 7) is 1.70. The number of nitrogens with one attached hydrogen (secondary N) is 2. The maximum Gasteiger partial charge on any atom is 0.258 e. The molecule has 0 aliphatic carbocycles. The molecule has 1 spiro atoms. The predicted molar refractivity (Wildman–Crippen MR) is 83.4 cm³/mol. The van der Waals surface area contributed by atoms with E-state index in [1.807, 2.05) is 30.3 Å². The van der Waals surface area contributed by atoms with Crippen LogP contribution in [0.25, 0.3) is 10.8 Å². The lowest BCUT2D eigenvalue weighted by Crippen LogP contribution is -2.60. The van der Waals surface area contributed by atoms with Crippen LogP contribution in [0.5, 0.6) is 11.5 Å². The van der Waals surface area contributed by atoms with Crippen molar-refractivity contribution >= 4 is 16.7 Å². The lowest BCUT2D eigenvalue weighted by molar-refractivity contribution is -0.00338. The van der Waals surface area contributed by atoms with Crippen LogP contribution in [-0.2, 0) is 0 Å². The molecule has 2 N–H and O–H groups in total. The molecule has 0 unspecified atom stereocenters. The Hall–Kier alpha value is -2.27. The normalized spacial score (nSPS) is 19.4. The van der Waals surface area contributed by atoms with Crippen LogP contribution in [0.3, 0.4) is 0 Å². The number of rotatable bonds is 1. The summed E-state index contributed by atoms with van der Waals surface area (Å²) in [5, 5.41) is 8.35. The molecule has 5 heteroatoms. The van der Waals surface area contributed by atoms with E-state index in [2.05, 4.69) is 10.6 Å². The Labute approximate surface area is 128 Å². The van der Waals surface area contributed by atoms with Crippen LogP contribution < -0.4 is 20.1 Å². The molecule has 0 atom stereocenters. The fraction of sp³-hybridized carbons (Fsp3) is 0.353. The molecule has 22 heavy (non-hydrogen) atoms. The van der Waals surface area contributed by atoms with Crippen molar-refractivity contribution in [3.05, 3.63) is 35.9 Å². The molecule has 1 saturated heterocycles. The minimum atomic E-state index is -0.560. The molecule has 0 aromatic heterocycles. The average molecular weight is 298 g/mol. The Morgan fingerprint density at radius 3 is 2.73 bits per heavy atom. The number of carbonyl (C=O) groups is 1. The Balaban J connectivity index is 1.80. The Morgan fingerprint density at radius 1 is 1.14 bits per heavy atom. The van der Waals surface area contributed by atoms with Crippen molar-refractivity contribution in [3.8, 4) is 11.5 Å². The van der Waals surface area contributed by atoms with E-state index in [1.54, 1.807) is 7.11 Å². The number of hydrogen-bond acceptors (Lipinski definition) is 4. The maximum atomic E-state index is 12.5. The van der Waals surface area contributed by atoms with Crippen LogP contribution in [0.1, 0.15) is 23.2 Å². The standard InChI is InChI=1S/C17H18N2O3/c1-21-13-3-2-11-10-15-14(9-12(11)8-13)16(20)19-17(22-15)4-6-18-7-5-17/h2-3,8-10,18H,4-7H2,1H3,(H,19,20). The van der Waals surface area contributed by atoms with Gasteiger partial charge in [-0.25, -0.2) is 0 Å². The van der Waals surface area contributed by atoms with E-state index >= 15 is 0 Å². The predicted octanol–water partition coefficient (Wildman–Crippen LogP) is 2.05. The van der Waals surface area contributed by atoms with Gasteiger partial charge in [0.05, 0.1) is 12.7 Å². The third-order valence-corrected chi connectivity index (χ3v) is 4.45. The van der Waals surface area contributed by atoms with E-state index in [4.69, 9.17) is 9.47 Å². The van der Waals surface area contributed by atoms with Gasteiger partial charge in [0.15, 0.2) is 5.72 Å². The number of ether oxygens (including phenoxy) is 2. The zero-order valence-electron chi connectivity index (χ0n) is 12.4. The van der Waals surface area contributed by atoms with Crippen LogP contribution in [0, 0.1) is 0 Å². The number of methoxy groups -OCH3 is 1. The van der Waals surface area contributed by atoms with Crippen molar-refractivity contribution in [2.45, 2.75) is 18.6 Å². The van der Waals surface area contributed by atoms with Gasteiger partial charge in [-0.05, 0) is 35.0 Å². The molecule has 1 amide bonds. The summed E-state index contributed by atoms with van der Waals surface area (Å²) in [4.78, 5) is 12.5. The van der Waals surface area contributed by atoms with Crippen molar-refractivity contribution < 1.29 is 14.3 Å². The van der Waals surface area contributed by atoms with Gasteiger partial charge in [-0.3, -0.25) is 4.79 Å². The number of piperidine rings is 1. The summed E-state index contributed by atoms with van der Waals surface area (Å²) in [5.41, 5.74) is 0.0278. The van der Waals surface area contributed by atoms with Gasteiger partial charge in [-0.15, -0.1) is 0 Å². The molecule has 1 fully saturated rings. The topological polar surface area (TPSA) is 59.6 Å². The van der Waals surface area contributed by atoms with Crippen LogP contribution >= 0.6 is 0 Å². The number of carbonyl (C=O) groups excluding carboxylic acids is 1. The molecule has 5 nitrogen and oxygen atoms in total. The molecule has 114 valence electrons. The average Bonchev–Trinajstić information content (AvgIpc) is 2.53. The number of benzene rings is 2. The molecule has 0 radical (unpaired) electrons. The molecule has 0 bridgehead atoms. The first-order valence-corrected chi connectivity index (χ1v) is 7.53. The number of fused-ring (bicyclic) bond motifs is 2. The first-order chi connectivity index (χ1) is 10.7. The SMILES string of the molecule is COc1ccc2cc3c(cc2c1)C(=O)NC1(CCNCC1)O3. The highest BCUT2D eigenvalue weighted by molar-refractivity contribution is 6.03. The number of amides is 1. The summed E-state index contributed by atoms with van der Waals surface area (Å²) in [6.07, 6.45) is 1.55. The second-order valence-electron chi connectivity index (χ2n) is 5.86. The first kappa shape index (κ1) is 13.4. The summed E-state index contributed by atoms with van der Waals surface area (Å²) in [5.74, 6) is 1.38. The highest BCUT2D eigenvalue weighted by Crippen LogP contribution is 2.35. The van der Waals surface area contributed by atoms with Gasteiger partial charge in [0.1, 0.15) is 11.5 Å². The molecule has 2 aromatic rings. The summed E-state index contributed by atoms with van der Waals surface area (Å²) in [7, 11) is 1.64. The van der Waals surface area contributed by atoms with E-state index < -0.39 is 5.72 Å². The molecule has 0 saturated carbocycles. The molecular formula is C17H18N2O3. The van der Waals surface area contributed by atoms with Crippen molar-refractivity contribution in [3.63, 3.8) is 0 Å². The van der Waals surface area contributed by atoms with Crippen molar-refractivity contribution in [1.82, 2.24) is 10.6 Å². The highest BCUT2D eigenvalue weighted by Gasteiger charge is 2.40. The summed E-state index contributed by atoms with van der Waals surface area (Å²) < 4.78 is 11.4. The Morgan fingerprint density at radius 2 is 1.95 bits per heavy atom. The fourth-order valence-corrected chi connectivity index (χ4v) is 3.21. The van der Waals surface area contributed by atoms with E-state index in [0.717, 1.165) is 42.5 Å². The smallest absolute Gasteiger partial charge is 0.258 e. The lowest BCUT2D eigenvalue weighted by Gasteiger charge is -2.41. The van der Waals surface area contributed by atoms with Gasteiger partial charge in [0.25, 0.3) is 5.91 Å². The van der Waals surface area contributed by atoms with E-state index in [0.29, 0.717) is 11.3 Å². The quantitative estimate of drug-likeness (QED) is 0.846. The second-order valence-corrected chi connectivity index (χ2v) is 5.86. The van der Waals surface area contributed by atoms with Crippen molar-refractivity contribution in [2.24, 2.45) is 0 Å². The second kappa shape index (κ2) is 4.88. The Kier molecular flexibility index (Phi) is 2.97. The molecular weight excluding hydrogens is 280 g/mol. The highest BCUT2D eigenvalue weighted by atomic mass is 16.5. The molecule has 2 aliphatic heterocycles. The largest absolute Gasteiger partial charge is 0.497 e. The zero-order valence-corrected chi connectivity index (χ0v) is 12.4. The molecule has 2 heterocycles. The van der Waals surface area contributed by atoms with E-state index in [9.17, 15) is 4.79 Å². The van der Waals surface area contributed by atoms with E-state index in [1.165, 1.54) is 0 Å².